The minimum Gasteiger partial charge on any atom is -0.478 e. The molecule has 6 nitrogen and oxygen atoms in total. The summed E-state index contributed by atoms with van der Waals surface area (Å²) in [5.74, 6) is -2.16. The summed E-state index contributed by atoms with van der Waals surface area (Å²) < 4.78 is 9.74. The van der Waals surface area contributed by atoms with Crippen LogP contribution >= 0.6 is 11.8 Å². The first-order chi connectivity index (χ1) is 8.38. The molecule has 0 aromatic rings. The number of aliphatic carboxylic acids is 1. The van der Waals surface area contributed by atoms with Crippen LogP contribution in [0.4, 0.5) is 0 Å². The van der Waals surface area contributed by atoms with Crippen molar-refractivity contribution in [1.82, 2.24) is 0 Å². The van der Waals surface area contributed by atoms with E-state index in [4.69, 9.17) is 14.6 Å². The Hall–Kier alpha value is -1.08. The van der Waals surface area contributed by atoms with E-state index in [9.17, 15) is 14.4 Å². The summed E-state index contributed by atoms with van der Waals surface area (Å²) in [6.45, 7) is 4.86. The monoisotopic (exact) mass is 278 g/mol. The van der Waals surface area contributed by atoms with Gasteiger partial charge in [0.2, 0.25) is 6.10 Å². The number of hydrogen-bond donors (Lipinski definition) is 1. The summed E-state index contributed by atoms with van der Waals surface area (Å²) in [5, 5.41) is 8.73. The molecule has 0 amide bonds. The molecule has 18 heavy (non-hydrogen) atoms. The van der Waals surface area contributed by atoms with Gasteiger partial charge < -0.3 is 14.6 Å². The molecule has 0 aliphatic rings. The number of carbonyl (C=O) groups is 3. The zero-order valence-corrected chi connectivity index (χ0v) is 11.5. The molecule has 2 atom stereocenters. The number of carboxylic acid groups (broad SMARTS) is 1. The maximum atomic E-state index is 11.6. The van der Waals surface area contributed by atoms with Crippen LogP contribution in [0.15, 0.2) is 0 Å². The number of thioether (sulfide) groups is 1. The Balaban J connectivity index is 4.22. The van der Waals surface area contributed by atoms with E-state index in [-0.39, 0.29) is 17.5 Å². The van der Waals surface area contributed by atoms with Gasteiger partial charge in [-0.2, -0.15) is 0 Å². The van der Waals surface area contributed by atoms with Crippen molar-refractivity contribution in [3.05, 3.63) is 0 Å². The predicted molar refractivity (Wildman–Crippen MR) is 66.3 cm³/mol. The van der Waals surface area contributed by atoms with Gasteiger partial charge in [-0.1, -0.05) is 18.7 Å². The fourth-order valence-electron chi connectivity index (χ4n) is 0.947. The average Bonchev–Trinajstić information content (AvgIpc) is 2.30. The van der Waals surface area contributed by atoms with Crippen LogP contribution in [0.3, 0.4) is 0 Å². The first-order valence-electron chi connectivity index (χ1n) is 5.52. The zero-order chi connectivity index (χ0) is 14.1. The van der Waals surface area contributed by atoms with Crippen LogP contribution in [0.5, 0.6) is 0 Å². The highest BCUT2D eigenvalue weighted by molar-refractivity contribution is 8.13. The third-order valence-corrected chi connectivity index (χ3v) is 3.02. The molecule has 0 spiro atoms. The van der Waals surface area contributed by atoms with Gasteiger partial charge in [-0.05, 0) is 6.92 Å². The van der Waals surface area contributed by atoms with E-state index in [1.165, 1.54) is 6.92 Å². The van der Waals surface area contributed by atoms with E-state index in [1.807, 2.05) is 0 Å². The number of ether oxygens (including phenoxy) is 2. The normalized spacial score (nSPS) is 13.7. The topological polar surface area (TPSA) is 89.9 Å². The van der Waals surface area contributed by atoms with Crippen LogP contribution in [0.1, 0.15) is 20.8 Å². The second kappa shape index (κ2) is 8.93. The Bertz CT molecular complexity index is 304. The molecule has 7 heteroatoms. The fraction of sp³-hybridized carbons (Fsp3) is 0.727. The van der Waals surface area contributed by atoms with Gasteiger partial charge in [0.05, 0.1) is 12.5 Å². The molecule has 0 aromatic carbocycles. The smallest absolute Gasteiger partial charge is 0.347 e. The highest BCUT2D eigenvalue weighted by Gasteiger charge is 2.25. The fourth-order valence-corrected chi connectivity index (χ4v) is 1.57. The highest BCUT2D eigenvalue weighted by atomic mass is 32.2. The van der Waals surface area contributed by atoms with Gasteiger partial charge in [-0.3, -0.25) is 9.59 Å². The predicted octanol–water partition coefficient (Wildman–Crippen LogP) is 0.935. The largest absolute Gasteiger partial charge is 0.478 e. The van der Waals surface area contributed by atoms with Crippen LogP contribution in [-0.2, 0) is 23.9 Å². The number of carbonyl (C=O) groups excluding carboxylic acids is 2. The molecule has 104 valence electrons. The summed E-state index contributed by atoms with van der Waals surface area (Å²) in [4.78, 5) is 33.1. The Kier molecular flexibility index (Phi) is 8.40. The van der Waals surface area contributed by atoms with Crippen LogP contribution < -0.4 is 0 Å². The summed E-state index contributed by atoms with van der Waals surface area (Å²) in [5.41, 5.74) is 0. The number of esters is 1. The number of rotatable bonds is 8. The molecule has 0 saturated heterocycles. The van der Waals surface area contributed by atoms with E-state index < -0.39 is 24.0 Å². The molecule has 0 bridgehead atoms. The summed E-state index contributed by atoms with van der Waals surface area (Å²) in [6, 6.07) is 0. The van der Waals surface area contributed by atoms with Crippen molar-refractivity contribution < 1.29 is 29.0 Å². The summed E-state index contributed by atoms with van der Waals surface area (Å²) in [7, 11) is 0. The van der Waals surface area contributed by atoms with Gasteiger partial charge in [0.1, 0.15) is 0 Å². The van der Waals surface area contributed by atoms with Gasteiger partial charge in [-0.15, -0.1) is 0 Å². The lowest BCUT2D eigenvalue weighted by Crippen LogP contribution is -2.34. The first-order valence-corrected chi connectivity index (χ1v) is 6.51. The molecular formula is C11H18O6S. The second-order valence-corrected chi connectivity index (χ2v) is 4.82. The number of carboxylic acids is 1. The molecule has 0 heterocycles. The van der Waals surface area contributed by atoms with Gasteiger partial charge in [0, 0.05) is 19.3 Å². The third kappa shape index (κ3) is 7.29. The van der Waals surface area contributed by atoms with Crippen molar-refractivity contribution in [3.8, 4) is 0 Å². The third-order valence-electron chi connectivity index (χ3n) is 1.95. The summed E-state index contributed by atoms with van der Waals surface area (Å²) >= 11 is 1.00. The minimum atomic E-state index is -1.30. The van der Waals surface area contributed by atoms with Gasteiger partial charge >= 0.3 is 11.9 Å². The van der Waals surface area contributed by atoms with Crippen molar-refractivity contribution in [2.45, 2.75) is 26.9 Å². The minimum absolute atomic E-state index is 0.0984. The van der Waals surface area contributed by atoms with Gasteiger partial charge in [-0.25, -0.2) is 4.79 Å². The molecule has 0 unspecified atom stereocenters. The molecular weight excluding hydrogens is 260 g/mol. The summed E-state index contributed by atoms with van der Waals surface area (Å²) in [6.07, 6.45) is -1.30. The molecule has 0 aliphatic heterocycles. The Morgan fingerprint density at radius 2 is 1.94 bits per heavy atom. The maximum absolute atomic E-state index is 11.6. The Morgan fingerprint density at radius 3 is 2.39 bits per heavy atom. The zero-order valence-electron chi connectivity index (χ0n) is 10.7. The lowest BCUT2D eigenvalue weighted by Gasteiger charge is -2.16. The van der Waals surface area contributed by atoms with Gasteiger partial charge in [0.25, 0.3) is 0 Å². The van der Waals surface area contributed by atoms with Gasteiger partial charge in [0.15, 0.2) is 5.12 Å². The molecule has 0 aromatic heterocycles. The highest BCUT2D eigenvalue weighted by Crippen LogP contribution is 2.11. The van der Waals surface area contributed by atoms with E-state index in [1.54, 1.807) is 13.8 Å². The molecule has 0 radical (unpaired) electrons. The van der Waals surface area contributed by atoms with Crippen LogP contribution in [0.25, 0.3) is 0 Å². The van der Waals surface area contributed by atoms with E-state index in [0.29, 0.717) is 6.61 Å². The Labute approximate surface area is 110 Å². The number of hydrogen-bond acceptors (Lipinski definition) is 6. The lowest BCUT2D eigenvalue weighted by molar-refractivity contribution is -0.170. The molecule has 1 N–H and O–H groups in total. The van der Waals surface area contributed by atoms with Crippen LogP contribution in [0, 0.1) is 5.92 Å². The van der Waals surface area contributed by atoms with E-state index in [2.05, 4.69) is 0 Å². The molecule has 0 fully saturated rings. The lowest BCUT2D eigenvalue weighted by atomic mass is 10.2. The van der Waals surface area contributed by atoms with E-state index in [0.717, 1.165) is 11.8 Å². The van der Waals surface area contributed by atoms with Crippen molar-refractivity contribution in [2.24, 2.45) is 5.92 Å². The molecule has 0 rings (SSSR count). The van der Waals surface area contributed by atoms with E-state index >= 15 is 0 Å². The maximum Gasteiger partial charge on any atom is 0.347 e. The standard InChI is InChI=1S/C11H18O6S/c1-4-16-5-9(10(13)14)17-11(15)7(2)6-18-8(3)12/h7,9H,4-6H2,1-3H3,(H,13,14)/t7-,9+/m1/s1. The molecule has 0 saturated carbocycles. The van der Waals surface area contributed by atoms with Crippen molar-refractivity contribution >= 4 is 28.8 Å². The second-order valence-electron chi connectivity index (χ2n) is 3.63. The first kappa shape index (κ1) is 16.9. The van der Waals surface area contributed by atoms with Crippen molar-refractivity contribution in [2.75, 3.05) is 19.0 Å². The molecule has 0 aliphatic carbocycles. The quantitative estimate of drug-likeness (QED) is 0.661. The van der Waals surface area contributed by atoms with Crippen LogP contribution in [-0.4, -0.2) is 47.2 Å². The van der Waals surface area contributed by atoms with Crippen molar-refractivity contribution in [3.63, 3.8) is 0 Å². The van der Waals surface area contributed by atoms with Crippen molar-refractivity contribution in [1.29, 1.82) is 0 Å². The Morgan fingerprint density at radius 1 is 1.33 bits per heavy atom. The van der Waals surface area contributed by atoms with Crippen LogP contribution in [0.2, 0.25) is 0 Å². The SMILES string of the molecule is CCOC[C@H](OC(=O)[C@H](C)CSC(C)=O)C(=O)O. The average molecular weight is 278 g/mol.